The average Bonchev–Trinajstić information content (AvgIpc) is 3.84. The van der Waals surface area contributed by atoms with Gasteiger partial charge in [-0.3, -0.25) is 0 Å². The topological polar surface area (TPSA) is 56.7 Å². The van der Waals surface area contributed by atoms with Crippen LogP contribution in [-0.2, 0) is 0 Å². The molecule has 0 unspecified atom stereocenters. The number of para-hydroxylation sites is 4. The number of hydrogen-bond acceptors (Lipinski definition) is 4. The van der Waals surface area contributed by atoms with Crippen LogP contribution < -0.4 is 0 Å². The Morgan fingerprint density at radius 1 is 0.460 bits per heavy atom. The van der Waals surface area contributed by atoms with Gasteiger partial charge >= 0.3 is 0 Å². The molecule has 0 N–H and O–H groups in total. The van der Waals surface area contributed by atoms with E-state index in [1.54, 1.807) is 47.0 Å². The highest BCUT2D eigenvalue weighted by molar-refractivity contribution is 6.12. The predicted octanol–water partition coefficient (Wildman–Crippen LogP) is 11.5. The van der Waals surface area contributed by atoms with E-state index in [0.29, 0.717) is 39.1 Å². The molecule has 0 aliphatic heterocycles. The molecule has 50 heavy (non-hydrogen) atoms. The van der Waals surface area contributed by atoms with E-state index in [2.05, 4.69) is 4.98 Å². The van der Waals surface area contributed by atoms with E-state index in [0.717, 1.165) is 10.8 Å². The van der Waals surface area contributed by atoms with E-state index >= 15 is 0 Å². The number of nitrogens with zero attached hydrogens (tertiary/aromatic N) is 4. The van der Waals surface area contributed by atoms with E-state index < -0.39 is 30.2 Å². The molecule has 0 aliphatic carbocycles. The standard InChI is InChI=1S/C45H28N4O/c1-3-14-29(15-4-1)43-46-44(30-16-5-2-6-17-30)48-45(47-43)31-26-27-40(49-38-23-10-7-18-32(38)33-19-8-11-24-39(33)49)37(28-31)36-22-13-21-35-34-20-9-12-25-41(34)50-42(35)36/h1-28H/i1D,3D,4D,7D,8D,14D,15D,18D,19D,23D,24D. The summed E-state index contributed by atoms with van der Waals surface area (Å²) < 4.78 is 104. The molecule has 3 heterocycles. The van der Waals surface area contributed by atoms with Gasteiger partial charge < -0.3 is 8.98 Å². The van der Waals surface area contributed by atoms with Crippen molar-refractivity contribution in [2.24, 2.45) is 0 Å². The number of fused-ring (bicyclic) bond motifs is 6. The highest BCUT2D eigenvalue weighted by atomic mass is 16.3. The summed E-state index contributed by atoms with van der Waals surface area (Å²) in [5.41, 5.74) is 3.80. The lowest BCUT2D eigenvalue weighted by atomic mass is 9.98. The smallest absolute Gasteiger partial charge is 0.164 e. The van der Waals surface area contributed by atoms with Crippen molar-refractivity contribution in [3.05, 3.63) is 170 Å². The van der Waals surface area contributed by atoms with Gasteiger partial charge in [-0.15, -0.1) is 0 Å². The van der Waals surface area contributed by atoms with E-state index in [1.165, 1.54) is 12.1 Å². The molecule has 0 saturated carbocycles. The van der Waals surface area contributed by atoms with Crippen molar-refractivity contribution in [1.29, 1.82) is 0 Å². The number of benzene rings is 7. The van der Waals surface area contributed by atoms with Gasteiger partial charge in [0.05, 0.1) is 31.8 Å². The summed E-state index contributed by atoms with van der Waals surface area (Å²) >= 11 is 0. The largest absolute Gasteiger partial charge is 0.455 e. The van der Waals surface area contributed by atoms with Crippen molar-refractivity contribution >= 4 is 43.7 Å². The minimum absolute atomic E-state index is 0.101. The highest BCUT2D eigenvalue weighted by Crippen LogP contribution is 2.42. The fourth-order valence-electron chi connectivity index (χ4n) is 6.50. The van der Waals surface area contributed by atoms with Crippen molar-refractivity contribution in [3.8, 4) is 51.0 Å². The summed E-state index contributed by atoms with van der Waals surface area (Å²) in [6.45, 7) is 0. The highest BCUT2D eigenvalue weighted by Gasteiger charge is 2.21. The lowest BCUT2D eigenvalue weighted by Gasteiger charge is -2.16. The minimum Gasteiger partial charge on any atom is -0.455 e. The van der Waals surface area contributed by atoms with Crippen molar-refractivity contribution in [2.75, 3.05) is 0 Å². The third-order valence-electron chi connectivity index (χ3n) is 8.71. The Morgan fingerprint density at radius 3 is 1.88 bits per heavy atom. The van der Waals surface area contributed by atoms with Gasteiger partial charge in [-0.1, -0.05) is 133 Å². The zero-order valence-electron chi connectivity index (χ0n) is 37.0. The second-order valence-electron chi connectivity index (χ2n) is 11.6. The number of rotatable bonds is 5. The van der Waals surface area contributed by atoms with Gasteiger partial charge in [0.15, 0.2) is 17.5 Å². The van der Waals surface area contributed by atoms with E-state index in [9.17, 15) is 0 Å². The van der Waals surface area contributed by atoms with Crippen molar-refractivity contribution in [3.63, 3.8) is 0 Å². The summed E-state index contributed by atoms with van der Waals surface area (Å²) in [5.74, 6) is 0.139. The third kappa shape index (κ3) is 4.52. The summed E-state index contributed by atoms with van der Waals surface area (Å²) in [5, 5.41) is 1.88. The second kappa shape index (κ2) is 11.4. The Morgan fingerprint density at radius 2 is 1.12 bits per heavy atom. The maximum absolute atomic E-state index is 9.16. The monoisotopic (exact) mass is 651 g/mol. The molecule has 0 aliphatic rings. The Balaban J connectivity index is 1.34. The van der Waals surface area contributed by atoms with E-state index in [4.69, 9.17) is 29.5 Å². The summed E-state index contributed by atoms with van der Waals surface area (Å²) in [4.78, 5) is 14.3. The molecule has 0 amide bonds. The fourth-order valence-corrected chi connectivity index (χ4v) is 6.50. The summed E-state index contributed by atoms with van der Waals surface area (Å²) in [6, 6.07) is 26.2. The molecular weight excluding hydrogens is 613 g/mol. The maximum atomic E-state index is 9.16. The molecule has 3 aromatic heterocycles. The molecule has 0 radical (unpaired) electrons. The number of hydrogen-bond donors (Lipinski definition) is 0. The van der Waals surface area contributed by atoms with Crippen molar-refractivity contribution in [1.82, 2.24) is 19.5 Å². The number of furan rings is 1. The molecule has 0 fully saturated rings. The van der Waals surface area contributed by atoms with Crippen LogP contribution in [-0.4, -0.2) is 19.5 Å². The quantitative estimate of drug-likeness (QED) is 0.186. The van der Waals surface area contributed by atoms with Crippen molar-refractivity contribution < 1.29 is 19.5 Å². The van der Waals surface area contributed by atoms with Gasteiger partial charge in [-0.2, -0.15) is 0 Å². The Labute approximate surface area is 303 Å². The summed E-state index contributed by atoms with van der Waals surface area (Å²) in [7, 11) is 0. The van der Waals surface area contributed by atoms with Crippen LogP contribution in [0.3, 0.4) is 0 Å². The fraction of sp³-hybridized carbons (Fsp3) is 0. The molecule has 10 aromatic rings. The maximum Gasteiger partial charge on any atom is 0.164 e. The molecule has 0 spiro atoms. The first-order valence-corrected chi connectivity index (χ1v) is 15.8. The van der Waals surface area contributed by atoms with E-state index in [-0.39, 0.29) is 81.1 Å². The SMILES string of the molecule is [2H]c1cc([2H])c2c(c1[2H])c1c([2H])c([2H])cc([2H])c1n2-c1ccc(-c2nc(-c3ccccc3)nc(-c3c([2H])c([2H])c([2H])c([2H])c3[2H])n2)cc1-c1cccc2c1oc1ccccc12. The van der Waals surface area contributed by atoms with Crippen LogP contribution >= 0.6 is 0 Å². The van der Waals surface area contributed by atoms with Crippen LogP contribution in [0.1, 0.15) is 15.1 Å². The van der Waals surface area contributed by atoms with Crippen LogP contribution in [0.5, 0.6) is 0 Å². The lowest BCUT2D eigenvalue weighted by molar-refractivity contribution is 0.670. The zero-order valence-corrected chi connectivity index (χ0v) is 26.0. The van der Waals surface area contributed by atoms with Gasteiger partial charge in [0, 0.05) is 49.4 Å². The molecule has 7 aromatic carbocycles. The van der Waals surface area contributed by atoms with Crippen LogP contribution in [0.4, 0.5) is 0 Å². The van der Waals surface area contributed by atoms with Crippen LogP contribution in [0.25, 0.3) is 94.7 Å². The first-order chi connectivity index (χ1) is 29.3. The van der Waals surface area contributed by atoms with E-state index in [1.807, 2.05) is 48.5 Å². The van der Waals surface area contributed by atoms with Gasteiger partial charge in [0.25, 0.3) is 0 Å². The van der Waals surface area contributed by atoms with Gasteiger partial charge in [0.1, 0.15) is 11.2 Å². The first kappa shape index (κ1) is 19.2. The lowest BCUT2D eigenvalue weighted by Crippen LogP contribution is -2.02. The van der Waals surface area contributed by atoms with Crippen LogP contribution in [0, 0.1) is 0 Å². The molecule has 0 saturated heterocycles. The van der Waals surface area contributed by atoms with Crippen LogP contribution in [0.15, 0.2) is 174 Å². The molecule has 5 heteroatoms. The van der Waals surface area contributed by atoms with Gasteiger partial charge in [-0.25, -0.2) is 15.0 Å². The summed E-state index contributed by atoms with van der Waals surface area (Å²) in [6.07, 6.45) is 0. The van der Waals surface area contributed by atoms with Crippen molar-refractivity contribution in [2.45, 2.75) is 0 Å². The molecule has 10 rings (SSSR count). The first-order valence-electron chi connectivity index (χ1n) is 21.3. The molecule has 0 atom stereocenters. The van der Waals surface area contributed by atoms with Gasteiger partial charge in [0.2, 0.25) is 0 Å². The molecule has 0 bridgehead atoms. The predicted molar refractivity (Wildman–Crippen MR) is 203 cm³/mol. The Hall–Kier alpha value is -6.85. The second-order valence-corrected chi connectivity index (χ2v) is 11.6. The Bertz CT molecular complexity index is 3410. The zero-order chi connectivity index (χ0) is 42.6. The van der Waals surface area contributed by atoms with Gasteiger partial charge in [-0.05, 0) is 36.4 Å². The normalized spacial score (nSPS) is 14.7. The molecule has 234 valence electrons. The molecular formula is C45H28N4O. The number of aromatic nitrogens is 4. The van der Waals surface area contributed by atoms with Crippen LogP contribution in [0.2, 0.25) is 0 Å². The Kier molecular flexibility index (Phi) is 4.38. The third-order valence-corrected chi connectivity index (χ3v) is 8.71. The average molecular weight is 652 g/mol. The minimum atomic E-state index is -0.555. The molecule has 5 nitrogen and oxygen atoms in total.